The topological polar surface area (TPSA) is 21.1 Å². The van der Waals surface area contributed by atoms with E-state index in [2.05, 4.69) is 68.7 Å². The Morgan fingerprint density at radius 3 is 2.40 bits per heavy atom. The van der Waals surface area contributed by atoms with Gasteiger partial charge in [-0.3, -0.25) is 0 Å². The largest absolute Gasteiger partial charge is 0.325 e. The lowest BCUT2D eigenvalue weighted by molar-refractivity contribution is 0.383. The van der Waals surface area contributed by atoms with Crippen LogP contribution in [0.5, 0.6) is 0 Å². The highest BCUT2D eigenvalue weighted by atomic mass is 32.2. The molecular formula is C16H23N3S. The number of hydrogen-bond acceptors (Lipinski definition) is 3. The van der Waals surface area contributed by atoms with Crippen molar-refractivity contribution in [1.29, 1.82) is 0 Å². The van der Waals surface area contributed by atoms with Crippen molar-refractivity contribution in [3.05, 3.63) is 41.9 Å². The predicted molar refractivity (Wildman–Crippen MR) is 85.3 cm³/mol. The van der Waals surface area contributed by atoms with Gasteiger partial charge in [-0.05, 0) is 32.1 Å². The molecule has 0 amide bonds. The summed E-state index contributed by atoms with van der Waals surface area (Å²) in [5, 5.41) is 1.25. The molecule has 3 nitrogen and oxygen atoms in total. The van der Waals surface area contributed by atoms with E-state index in [4.69, 9.17) is 4.98 Å². The molecule has 1 heterocycles. The van der Waals surface area contributed by atoms with Crippen molar-refractivity contribution in [3.63, 3.8) is 0 Å². The molecule has 0 aliphatic heterocycles. The summed E-state index contributed by atoms with van der Waals surface area (Å²) in [6.07, 6.45) is 0. The van der Waals surface area contributed by atoms with Crippen LogP contribution in [0.1, 0.15) is 31.3 Å². The van der Waals surface area contributed by atoms with Crippen LogP contribution < -0.4 is 0 Å². The molecule has 20 heavy (non-hydrogen) atoms. The fourth-order valence-corrected chi connectivity index (χ4v) is 3.22. The van der Waals surface area contributed by atoms with Crippen molar-refractivity contribution in [2.45, 2.75) is 36.2 Å². The third-order valence-corrected chi connectivity index (χ3v) is 4.31. The molecule has 0 aliphatic rings. The van der Waals surface area contributed by atoms with Gasteiger partial charge >= 0.3 is 0 Å². The van der Waals surface area contributed by atoms with Gasteiger partial charge in [0.15, 0.2) is 0 Å². The summed E-state index contributed by atoms with van der Waals surface area (Å²) < 4.78 is 2.23. The number of imidazole rings is 1. The minimum absolute atomic E-state index is 0.434. The lowest BCUT2D eigenvalue weighted by atomic mass is 10.2. The maximum Gasteiger partial charge on any atom is 0.123 e. The van der Waals surface area contributed by atoms with Gasteiger partial charge in [0.1, 0.15) is 10.9 Å². The monoisotopic (exact) mass is 289 g/mol. The zero-order valence-electron chi connectivity index (χ0n) is 12.9. The van der Waals surface area contributed by atoms with Crippen LogP contribution in [0.3, 0.4) is 0 Å². The van der Waals surface area contributed by atoms with Gasteiger partial charge < -0.3 is 9.47 Å². The first-order valence-electron chi connectivity index (χ1n) is 6.92. The molecule has 0 bridgehead atoms. The minimum Gasteiger partial charge on any atom is -0.325 e. The van der Waals surface area contributed by atoms with Crippen molar-refractivity contribution in [3.8, 4) is 0 Å². The van der Waals surface area contributed by atoms with Crippen LogP contribution in [0.4, 0.5) is 0 Å². The van der Waals surface area contributed by atoms with E-state index in [1.54, 1.807) is 11.8 Å². The van der Waals surface area contributed by atoms with Crippen LogP contribution in [0.25, 0.3) is 0 Å². The molecule has 1 aromatic carbocycles. The average Bonchev–Trinajstić information content (AvgIpc) is 2.69. The number of hydrogen-bond donors (Lipinski definition) is 0. The zero-order chi connectivity index (χ0) is 14.7. The van der Waals surface area contributed by atoms with Crippen molar-refractivity contribution < 1.29 is 0 Å². The molecule has 2 rings (SSSR count). The molecule has 0 unspecified atom stereocenters. The molecule has 0 N–H and O–H groups in total. The van der Waals surface area contributed by atoms with Crippen LogP contribution >= 0.6 is 11.8 Å². The van der Waals surface area contributed by atoms with E-state index >= 15 is 0 Å². The van der Waals surface area contributed by atoms with E-state index < -0.39 is 0 Å². The molecule has 0 fully saturated rings. The molecule has 2 aromatic rings. The van der Waals surface area contributed by atoms with E-state index in [0.29, 0.717) is 5.92 Å². The Balaban J connectivity index is 2.37. The van der Waals surface area contributed by atoms with Gasteiger partial charge in [-0.15, -0.1) is 0 Å². The van der Waals surface area contributed by atoms with Gasteiger partial charge in [0, 0.05) is 11.9 Å². The maximum atomic E-state index is 4.85. The van der Waals surface area contributed by atoms with E-state index in [9.17, 15) is 0 Å². The second-order valence-corrected chi connectivity index (χ2v) is 6.65. The van der Waals surface area contributed by atoms with Gasteiger partial charge in [-0.1, -0.05) is 43.8 Å². The Bertz CT molecular complexity index is 559. The summed E-state index contributed by atoms with van der Waals surface area (Å²) in [5.41, 5.74) is 1.19. The Kier molecular flexibility index (Phi) is 4.89. The fourth-order valence-electron chi connectivity index (χ4n) is 2.07. The summed E-state index contributed by atoms with van der Waals surface area (Å²) in [7, 11) is 6.27. The van der Waals surface area contributed by atoms with Gasteiger partial charge in [-0.25, -0.2) is 4.98 Å². The summed E-state index contributed by atoms with van der Waals surface area (Å²) in [5.74, 6) is 1.56. The molecule has 4 heteroatoms. The van der Waals surface area contributed by atoms with Gasteiger partial charge in [-0.2, -0.15) is 0 Å². The highest BCUT2D eigenvalue weighted by Gasteiger charge is 2.18. The first-order chi connectivity index (χ1) is 9.49. The SMILES string of the molecule is CC(C)c1nc(CN(C)C)n(C)c1Sc1ccccc1. The standard InChI is InChI=1S/C16H23N3S/c1-12(2)15-16(20-13-9-7-6-8-10-13)19(5)14(17-15)11-18(3)4/h6-10,12H,11H2,1-5H3. The summed E-state index contributed by atoms with van der Waals surface area (Å²) >= 11 is 1.80. The summed E-state index contributed by atoms with van der Waals surface area (Å²) in [4.78, 5) is 8.26. The number of rotatable bonds is 5. The van der Waals surface area contributed by atoms with E-state index in [1.165, 1.54) is 15.6 Å². The second kappa shape index (κ2) is 6.46. The molecule has 108 valence electrons. The van der Waals surface area contributed by atoms with Gasteiger partial charge in [0.05, 0.1) is 12.2 Å². The van der Waals surface area contributed by atoms with Crippen molar-refractivity contribution >= 4 is 11.8 Å². The molecule has 0 spiro atoms. The molecule has 0 atom stereocenters. The third kappa shape index (κ3) is 3.44. The van der Waals surface area contributed by atoms with E-state index in [-0.39, 0.29) is 0 Å². The average molecular weight is 289 g/mol. The van der Waals surface area contributed by atoms with Gasteiger partial charge in [0.25, 0.3) is 0 Å². The summed E-state index contributed by atoms with van der Waals surface area (Å²) in [6.45, 7) is 5.28. The quantitative estimate of drug-likeness (QED) is 0.836. The second-order valence-electron chi connectivity index (χ2n) is 5.59. The van der Waals surface area contributed by atoms with Crippen molar-refractivity contribution in [2.75, 3.05) is 14.1 Å². The predicted octanol–water partition coefficient (Wildman–Crippen LogP) is 3.76. The van der Waals surface area contributed by atoms with Crippen LogP contribution in [0.2, 0.25) is 0 Å². The molecule has 0 aliphatic carbocycles. The Hall–Kier alpha value is -1.26. The Labute approximate surface area is 126 Å². The highest BCUT2D eigenvalue weighted by Crippen LogP contribution is 2.34. The Morgan fingerprint density at radius 2 is 1.85 bits per heavy atom. The third-order valence-electron chi connectivity index (χ3n) is 3.12. The normalized spacial score (nSPS) is 11.6. The van der Waals surface area contributed by atoms with Crippen LogP contribution in [0, 0.1) is 0 Å². The van der Waals surface area contributed by atoms with Crippen molar-refractivity contribution in [1.82, 2.24) is 14.5 Å². The highest BCUT2D eigenvalue weighted by molar-refractivity contribution is 7.99. The first kappa shape index (κ1) is 15.1. The zero-order valence-corrected chi connectivity index (χ0v) is 13.7. The Morgan fingerprint density at radius 1 is 1.20 bits per heavy atom. The van der Waals surface area contributed by atoms with E-state index in [1.807, 2.05) is 6.07 Å². The minimum atomic E-state index is 0.434. The lowest BCUT2D eigenvalue weighted by Gasteiger charge is -2.10. The van der Waals surface area contributed by atoms with Crippen LogP contribution in [0.15, 0.2) is 40.3 Å². The maximum absolute atomic E-state index is 4.85. The molecule has 0 saturated carbocycles. The van der Waals surface area contributed by atoms with Crippen LogP contribution in [-0.4, -0.2) is 28.5 Å². The smallest absolute Gasteiger partial charge is 0.123 e. The van der Waals surface area contributed by atoms with E-state index in [0.717, 1.165) is 12.4 Å². The first-order valence-corrected chi connectivity index (χ1v) is 7.73. The number of aromatic nitrogens is 2. The molecule has 1 aromatic heterocycles. The van der Waals surface area contributed by atoms with Gasteiger partial charge in [0.2, 0.25) is 0 Å². The summed E-state index contributed by atoms with van der Waals surface area (Å²) in [6, 6.07) is 10.5. The molecule has 0 saturated heterocycles. The number of nitrogens with zero attached hydrogens (tertiary/aromatic N) is 3. The van der Waals surface area contributed by atoms with Crippen molar-refractivity contribution in [2.24, 2.45) is 7.05 Å². The fraction of sp³-hybridized carbons (Fsp3) is 0.438. The number of benzene rings is 1. The lowest BCUT2D eigenvalue weighted by Crippen LogP contribution is -2.14. The van der Waals surface area contributed by atoms with Crippen LogP contribution in [-0.2, 0) is 13.6 Å². The molecule has 0 radical (unpaired) electrons. The molecular weight excluding hydrogens is 266 g/mol.